The van der Waals surface area contributed by atoms with Gasteiger partial charge in [0.2, 0.25) is 5.88 Å². The van der Waals surface area contributed by atoms with E-state index >= 15 is 0 Å². The molecule has 1 atom stereocenters. The molecule has 3 rings (SSSR count). The fourth-order valence-corrected chi connectivity index (χ4v) is 2.96. The van der Waals surface area contributed by atoms with Crippen molar-refractivity contribution in [1.82, 2.24) is 9.38 Å². The largest absolute Gasteiger partial charge is 0.508 e. The van der Waals surface area contributed by atoms with Gasteiger partial charge in [0.1, 0.15) is 11.4 Å². The molecule has 0 saturated heterocycles. The van der Waals surface area contributed by atoms with Gasteiger partial charge in [-0.05, 0) is 29.8 Å². The van der Waals surface area contributed by atoms with Crippen LogP contribution in [0.15, 0.2) is 47.4 Å². The Bertz CT molecular complexity index is 1050. The highest BCUT2D eigenvalue weighted by molar-refractivity contribution is 6.30. The average Bonchev–Trinajstić information content (AvgIpc) is 2.61. The lowest BCUT2D eigenvalue weighted by atomic mass is 9.89. The number of phenols is 1. The molecule has 7 nitrogen and oxygen atoms in total. The van der Waals surface area contributed by atoms with Gasteiger partial charge in [0.15, 0.2) is 0 Å². The van der Waals surface area contributed by atoms with Gasteiger partial charge in [0, 0.05) is 12.1 Å². The summed E-state index contributed by atoms with van der Waals surface area (Å²) in [6.45, 7) is 0. The maximum Gasteiger partial charge on any atom is 0.306 e. The Morgan fingerprint density at radius 3 is 2.77 bits per heavy atom. The fourth-order valence-electron chi connectivity index (χ4n) is 2.80. The molecule has 1 aromatic carbocycles. The van der Waals surface area contributed by atoms with Crippen LogP contribution in [0.3, 0.4) is 0 Å². The van der Waals surface area contributed by atoms with Crippen LogP contribution in [0.1, 0.15) is 23.5 Å². The molecule has 2 N–H and O–H groups in total. The molecule has 0 aliphatic rings. The summed E-state index contributed by atoms with van der Waals surface area (Å²) < 4.78 is 5.91. The standard InChI is InChI=1S/C18H15ClN2O5/c1-26-15(23)8-13(10-3-2-4-12(22)7-10)16-17(24)20-14-6-5-11(19)9-21(14)18(16)25/h2-7,9,13,22,24H,8H2,1H3/t13-/m1/s1. The molecular weight excluding hydrogens is 360 g/mol. The monoisotopic (exact) mass is 374 g/mol. The number of halogens is 1. The van der Waals surface area contributed by atoms with Gasteiger partial charge in [0.05, 0.1) is 24.1 Å². The molecule has 0 spiro atoms. The van der Waals surface area contributed by atoms with Gasteiger partial charge in [-0.3, -0.25) is 14.0 Å². The minimum atomic E-state index is -0.856. The van der Waals surface area contributed by atoms with E-state index in [4.69, 9.17) is 16.3 Å². The Hall–Kier alpha value is -3.06. The lowest BCUT2D eigenvalue weighted by Gasteiger charge is -2.18. The number of methoxy groups -OCH3 is 1. The van der Waals surface area contributed by atoms with Crippen LogP contribution in [0.5, 0.6) is 11.6 Å². The first-order valence-corrected chi connectivity index (χ1v) is 8.05. The van der Waals surface area contributed by atoms with Crippen molar-refractivity contribution in [2.24, 2.45) is 0 Å². The Kier molecular flexibility index (Phi) is 4.81. The van der Waals surface area contributed by atoms with E-state index in [1.807, 2.05) is 0 Å². The smallest absolute Gasteiger partial charge is 0.306 e. The van der Waals surface area contributed by atoms with Gasteiger partial charge < -0.3 is 14.9 Å². The minimum Gasteiger partial charge on any atom is -0.508 e. The lowest BCUT2D eigenvalue weighted by molar-refractivity contribution is -0.140. The molecule has 0 saturated carbocycles. The molecular formula is C18H15ClN2O5. The number of carbonyl (C=O) groups excluding carboxylic acids is 1. The van der Waals surface area contributed by atoms with E-state index in [1.54, 1.807) is 18.2 Å². The predicted octanol–water partition coefficient (Wildman–Crippen LogP) is 2.45. The number of carbonyl (C=O) groups is 1. The summed E-state index contributed by atoms with van der Waals surface area (Å²) in [6, 6.07) is 9.14. The van der Waals surface area contributed by atoms with E-state index in [9.17, 15) is 19.8 Å². The first-order valence-electron chi connectivity index (χ1n) is 7.67. The first-order chi connectivity index (χ1) is 12.4. The molecule has 0 radical (unpaired) electrons. The quantitative estimate of drug-likeness (QED) is 0.680. The minimum absolute atomic E-state index is 0.0336. The number of rotatable bonds is 4. The lowest BCUT2D eigenvalue weighted by Crippen LogP contribution is -2.24. The molecule has 0 fully saturated rings. The second kappa shape index (κ2) is 7.05. The third-order valence-corrected chi connectivity index (χ3v) is 4.24. The van der Waals surface area contributed by atoms with Crippen molar-refractivity contribution in [3.05, 3.63) is 69.1 Å². The molecule has 0 bridgehead atoms. The Balaban J connectivity index is 2.26. The van der Waals surface area contributed by atoms with E-state index < -0.39 is 23.3 Å². The Morgan fingerprint density at radius 1 is 1.31 bits per heavy atom. The molecule has 3 aromatic rings. The highest BCUT2D eigenvalue weighted by atomic mass is 35.5. The second-order valence-electron chi connectivity index (χ2n) is 5.66. The molecule has 0 aliphatic carbocycles. The number of hydrogen-bond acceptors (Lipinski definition) is 6. The van der Waals surface area contributed by atoms with Crippen LogP contribution in [0, 0.1) is 0 Å². The van der Waals surface area contributed by atoms with Crippen molar-refractivity contribution in [1.29, 1.82) is 0 Å². The number of aromatic hydroxyl groups is 2. The van der Waals surface area contributed by atoms with Crippen LogP contribution < -0.4 is 5.56 Å². The van der Waals surface area contributed by atoms with Crippen LogP contribution in [0.4, 0.5) is 0 Å². The maximum atomic E-state index is 13.0. The zero-order valence-corrected chi connectivity index (χ0v) is 14.5. The molecule has 2 aromatic heterocycles. The van der Waals surface area contributed by atoms with Crippen LogP contribution in [-0.4, -0.2) is 32.7 Å². The average molecular weight is 375 g/mol. The number of nitrogens with zero attached hydrogens (tertiary/aromatic N) is 2. The number of aromatic nitrogens is 2. The van der Waals surface area contributed by atoms with Crippen molar-refractivity contribution in [2.75, 3.05) is 7.11 Å². The molecule has 0 unspecified atom stereocenters. The SMILES string of the molecule is COC(=O)C[C@H](c1cccc(O)c1)c1c(O)nc2ccc(Cl)cn2c1=O. The zero-order chi connectivity index (χ0) is 18.8. The topological polar surface area (TPSA) is 101 Å². The molecule has 134 valence electrons. The summed E-state index contributed by atoms with van der Waals surface area (Å²) in [5.74, 6) is -1.96. The van der Waals surface area contributed by atoms with E-state index in [2.05, 4.69) is 4.98 Å². The number of ether oxygens (including phenoxy) is 1. The highest BCUT2D eigenvalue weighted by Gasteiger charge is 2.27. The van der Waals surface area contributed by atoms with Crippen LogP contribution in [0.25, 0.3) is 5.65 Å². The number of pyridine rings is 1. The summed E-state index contributed by atoms with van der Waals surface area (Å²) in [4.78, 5) is 28.9. The zero-order valence-electron chi connectivity index (χ0n) is 13.7. The Labute approximate surface area is 153 Å². The van der Waals surface area contributed by atoms with E-state index in [0.717, 1.165) is 0 Å². The van der Waals surface area contributed by atoms with E-state index in [-0.39, 0.29) is 23.4 Å². The molecule has 0 aliphatic heterocycles. The van der Waals surface area contributed by atoms with Crippen LogP contribution >= 0.6 is 11.6 Å². The summed E-state index contributed by atoms with van der Waals surface area (Å²) in [7, 11) is 1.23. The molecule has 26 heavy (non-hydrogen) atoms. The molecule has 8 heteroatoms. The number of esters is 1. The van der Waals surface area contributed by atoms with Crippen molar-refractivity contribution < 1.29 is 19.7 Å². The number of benzene rings is 1. The van der Waals surface area contributed by atoms with Crippen LogP contribution in [-0.2, 0) is 9.53 Å². The molecule has 2 heterocycles. The number of fused-ring (bicyclic) bond motifs is 1. The Morgan fingerprint density at radius 2 is 2.08 bits per heavy atom. The summed E-state index contributed by atoms with van der Waals surface area (Å²) in [5, 5.41) is 20.4. The third kappa shape index (κ3) is 3.34. The third-order valence-electron chi connectivity index (χ3n) is 4.02. The number of hydrogen-bond donors (Lipinski definition) is 2. The normalized spacial score (nSPS) is 12.1. The van der Waals surface area contributed by atoms with Crippen molar-refractivity contribution in [3.8, 4) is 11.6 Å². The fraction of sp³-hybridized carbons (Fsp3) is 0.167. The van der Waals surface area contributed by atoms with Crippen molar-refractivity contribution >= 4 is 23.2 Å². The summed E-state index contributed by atoms with van der Waals surface area (Å²) in [5.41, 5.74) is 0.0352. The van der Waals surface area contributed by atoms with Crippen molar-refractivity contribution in [3.63, 3.8) is 0 Å². The van der Waals surface area contributed by atoms with Gasteiger partial charge in [-0.1, -0.05) is 23.7 Å². The summed E-state index contributed by atoms with van der Waals surface area (Å²) >= 11 is 5.95. The van der Waals surface area contributed by atoms with Crippen molar-refractivity contribution in [2.45, 2.75) is 12.3 Å². The predicted molar refractivity (Wildman–Crippen MR) is 94.7 cm³/mol. The maximum absolute atomic E-state index is 13.0. The van der Waals surface area contributed by atoms with Gasteiger partial charge >= 0.3 is 5.97 Å². The van der Waals surface area contributed by atoms with Gasteiger partial charge in [-0.2, -0.15) is 4.98 Å². The van der Waals surface area contributed by atoms with Crippen LogP contribution in [0.2, 0.25) is 5.02 Å². The number of phenolic OH excluding ortho intramolecular Hbond substituents is 1. The van der Waals surface area contributed by atoms with Gasteiger partial charge in [-0.25, -0.2) is 0 Å². The van der Waals surface area contributed by atoms with Gasteiger partial charge in [-0.15, -0.1) is 0 Å². The summed E-state index contributed by atoms with van der Waals surface area (Å²) in [6.07, 6.45) is 1.17. The highest BCUT2D eigenvalue weighted by Crippen LogP contribution is 2.32. The van der Waals surface area contributed by atoms with E-state index in [1.165, 1.54) is 35.9 Å². The van der Waals surface area contributed by atoms with E-state index in [0.29, 0.717) is 10.6 Å². The molecule has 0 amide bonds. The second-order valence-corrected chi connectivity index (χ2v) is 6.09. The van der Waals surface area contributed by atoms with Gasteiger partial charge in [0.25, 0.3) is 5.56 Å². The first kappa shape index (κ1) is 17.8.